The van der Waals surface area contributed by atoms with Gasteiger partial charge in [0.15, 0.2) is 0 Å². The van der Waals surface area contributed by atoms with Crippen LogP contribution in [-0.2, 0) is 24.2 Å². The number of nitrogens with one attached hydrogen (secondary N) is 1. The van der Waals surface area contributed by atoms with Crippen molar-refractivity contribution in [3.05, 3.63) is 100.0 Å². The zero-order valence-electron chi connectivity index (χ0n) is 15.3. The number of hydrogen-bond donors (Lipinski definition) is 1. The molecule has 0 aliphatic rings. The molecule has 0 aliphatic carbocycles. The van der Waals surface area contributed by atoms with E-state index in [9.17, 15) is 9.59 Å². The summed E-state index contributed by atoms with van der Waals surface area (Å²) in [6.07, 6.45) is 1.44. The maximum Gasteiger partial charge on any atom is 0.267 e. The van der Waals surface area contributed by atoms with Crippen molar-refractivity contribution in [2.24, 2.45) is 0 Å². The molecular formula is C22H23N3O2. The van der Waals surface area contributed by atoms with Crippen LogP contribution in [-0.4, -0.2) is 21.7 Å². The predicted octanol–water partition coefficient (Wildman–Crippen LogP) is 2.52. The molecule has 0 saturated carbocycles. The normalized spacial score (nSPS) is 10.7. The number of rotatable bonds is 7. The van der Waals surface area contributed by atoms with Gasteiger partial charge in [-0.2, -0.15) is 5.10 Å². The van der Waals surface area contributed by atoms with Crippen LogP contribution in [0, 0.1) is 6.92 Å². The summed E-state index contributed by atoms with van der Waals surface area (Å²) < 4.78 is 1.20. The highest BCUT2D eigenvalue weighted by Gasteiger charge is 2.15. The molecule has 0 fully saturated rings. The minimum atomic E-state index is -0.279. The monoisotopic (exact) mass is 361 g/mol. The molecule has 3 rings (SSSR count). The summed E-state index contributed by atoms with van der Waals surface area (Å²) in [7, 11) is 0. The third-order valence-electron chi connectivity index (χ3n) is 4.31. The highest BCUT2D eigenvalue weighted by molar-refractivity contribution is 5.76. The molecule has 0 bridgehead atoms. The Balaban J connectivity index is 1.72. The summed E-state index contributed by atoms with van der Waals surface area (Å²) >= 11 is 0. The molecule has 0 radical (unpaired) electrons. The average Bonchev–Trinajstić information content (AvgIpc) is 2.66. The molecule has 0 atom stereocenters. The van der Waals surface area contributed by atoms with Crippen molar-refractivity contribution in [1.29, 1.82) is 0 Å². The van der Waals surface area contributed by atoms with Crippen molar-refractivity contribution >= 4 is 5.91 Å². The molecule has 1 aromatic heterocycles. The Morgan fingerprint density at radius 1 is 0.926 bits per heavy atom. The molecule has 5 heteroatoms. The number of carbonyl (C=O) groups is 1. The van der Waals surface area contributed by atoms with E-state index in [1.807, 2.05) is 36.4 Å². The van der Waals surface area contributed by atoms with E-state index in [-0.39, 0.29) is 24.1 Å². The van der Waals surface area contributed by atoms with Gasteiger partial charge in [0.05, 0.1) is 5.69 Å². The largest absolute Gasteiger partial charge is 0.351 e. The molecule has 0 aliphatic heterocycles. The van der Waals surface area contributed by atoms with E-state index in [2.05, 4.69) is 34.7 Å². The van der Waals surface area contributed by atoms with Crippen molar-refractivity contribution in [3.8, 4) is 0 Å². The van der Waals surface area contributed by atoms with E-state index in [0.29, 0.717) is 5.69 Å². The van der Waals surface area contributed by atoms with Gasteiger partial charge in [0.25, 0.3) is 5.56 Å². The highest BCUT2D eigenvalue weighted by atomic mass is 16.2. The second-order valence-electron chi connectivity index (χ2n) is 6.61. The van der Waals surface area contributed by atoms with Gasteiger partial charge in [-0.1, -0.05) is 60.7 Å². The first-order chi connectivity index (χ1) is 13.1. The van der Waals surface area contributed by atoms with Gasteiger partial charge >= 0.3 is 0 Å². The molecule has 1 heterocycles. The zero-order chi connectivity index (χ0) is 19.1. The van der Waals surface area contributed by atoms with Gasteiger partial charge in [0.2, 0.25) is 5.91 Å². The van der Waals surface area contributed by atoms with Crippen LogP contribution < -0.4 is 10.9 Å². The van der Waals surface area contributed by atoms with Gasteiger partial charge in [-0.05, 0) is 37.0 Å². The molecule has 138 valence electrons. The molecule has 2 aromatic carbocycles. The lowest BCUT2D eigenvalue weighted by atomic mass is 9.99. The topological polar surface area (TPSA) is 64.0 Å². The molecule has 0 saturated heterocycles. The maximum absolute atomic E-state index is 12.6. The van der Waals surface area contributed by atoms with Crippen LogP contribution >= 0.6 is 0 Å². The lowest BCUT2D eigenvalue weighted by Gasteiger charge is -2.19. The summed E-state index contributed by atoms with van der Waals surface area (Å²) in [6.45, 7) is 1.71. The van der Waals surface area contributed by atoms with Gasteiger partial charge < -0.3 is 5.32 Å². The summed E-state index contributed by atoms with van der Waals surface area (Å²) in [5.41, 5.74) is 2.74. The van der Waals surface area contributed by atoms with Gasteiger partial charge in [0.1, 0.15) is 6.54 Å². The Hall–Kier alpha value is -3.21. The minimum Gasteiger partial charge on any atom is -0.351 e. The number of hydrogen-bond acceptors (Lipinski definition) is 3. The Morgan fingerprint density at radius 3 is 2.04 bits per heavy atom. The third-order valence-corrected chi connectivity index (χ3v) is 4.31. The van der Waals surface area contributed by atoms with Gasteiger partial charge in [-0.15, -0.1) is 0 Å². The molecule has 3 aromatic rings. The molecular weight excluding hydrogens is 338 g/mol. The van der Waals surface area contributed by atoms with Gasteiger partial charge in [-0.25, -0.2) is 4.68 Å². The second kappa shape index (κ2) is 8.94. The molecule has 1 N–H and O–H groups in total. The first kappa shape index (κ1) is 18.6. The van der Waals surface area contributed by atoms with Crippen molar-refractivity contribution < 1.29 is 4.79 Å². The number of carbonyl (C=O) groups excluding carboxylic acids is 1. The van der Waals surface area contributed by atoms with Crippen molar-refractivity contribution in [1.82, 2.24) is 15.1 Å². The standard InChI is InChI=1S/C22H23N3O2/c1-17-12-13-22(27)25(24-17)16-21(26)23-20(14-18-8-4-2-5-9-18)15-19-10-6-3-7-11-19/h2-13,20H,14-16H2,1H3,(H,23,26). The van der Waals surface area contributed by atoms with Crippen molar-refractivity contribution in [3.63, 3.8) is 0 Å². The smallest absolute Gasteiger partial charge is 0.267 e. The number of aryl methyl sites for hydroxylation is 1. The summed E-state index contributed by atoms with van der Waals surface area (Å²) in [5, 5.41) is 7.20. The van der Waals surface area contributed by atoms with E-state index in [0.717, 1.165) is 24.0 Å². The quantitative estimate of drug-likeness (QED) is 0.703. The van der Waals surface area contributed by atoms with E-state index in [1.165, 1.54) is 10.7 Å². The van der Waals surface area contributed by atoms with Crippen LogP contribution in [0.1, 0.15) is 16.8 Å². The van der Waals surface area contributed by atoms with Crippen molar-refractivity contribution in [2.45, 2.75) is 32.4 Å². The SMILES string of the molecule is Cc1ccc(=O)n(CC(=O)NC(Cc2ccccc2)Cc2ccccc2)n1. The minimum absolute atomic E-state index is 0.0668. The summed E-state index contributed by atoms with van der Waals surface area (Å²) in [4.78, 5) is 24.5. The molecule has 27 heavy (non-hydrogen) atoms. The lowest BCUT2D eigenvalue weighted by Crippen LogP contribution is -2.41. The molecule has 1 amide bonds. The highest BCUT2D eigenvalue weighted by Crippen LogP contribution is 2.09. The van der Waals surface area contributed by atoms with Gasteiger partial charge in [-0.3, -0.25) is 9.59 Å². The van der Waals surface area contributed by atoms with Crippen molar-refractivity contribution in [2.75, 3.05) is 0 Å². The number of amides is 1. The van der Waals surface area contributed by atoms with Crippen LogP contribution in [0.25, 0.3) is 0 Å². The fraction of sp³-hybridized carbons (Fsp3) is 0.227. The predicted molar refractivity (Wildman–Crippen MR) is 105 cm³/mol. The first-order valence-corrected chi connectivity index (χ1v) is 9.02. The lowest BCUT2D eigenvalue weighted by molar-refractivity contribution is -0.122. The Morgan fingerprint density at radius 2 is 1.48 bits per heavy atom. The van der Waals surface area contributed by atoms with Crippen LogP contribution in [0.2, 0.25) is 0 Å². The Kier molecular flexibility index (Phi) is 6.15. The maximum atomic E-state index is 12.6. The Bertz CT molecular complexity index is 895. The van der Waals surface area contributed by atoms with E-state index < -0.39 is 0 Å². The van der Waals surface area contributed by atoms with E-state index in [4.69, 9.17) is 0 Å². The zero-order valence-corrected chi connectivity index (χ0v) is 15.3. The summed E-state index contributed by atoms with van der Waals surface area (Å²) in [6, 6.07) is 23.1. The molecule has 0 spiro atoms. The fourth-order valence-corrected chi connectivity index (χ4v) is 3.05. The van der Waals surface area contributed by atoms with E-state index >= 15 is 0 Å². The van der Waals surface area contributed by atoms with Crippen LogP contribution in [0.15, 0.2) is 77.6 Å². The van der Waals surface area contributed by atoms with Gasteiger partial charge in [0, 0.05) is 12.1 Å². The first-order valence-electron chi connectivity index (χ1n) is 9.02. The van der Waals surface area contributed by atoms with Crippen LogP contribution in [0.4, 0.5) is 0 Å². The number of aromatic nitrogens is 2. The summed E-state index contributed by atoms with van der Waals surface area (Å²) in [5.74, 6) is -0.216. The van der Waals surface area contributed by atoms with Crippen LogP contribution in [0.3, 0.4) is 0 Å². The molecule has 0 unspecified atom stereocenters. The Labute approximate surface area is 158 Å². The third kappa shape index (κ3) is 5.64. The second-order valence-corrected chi connectivity index (χ2v) is 6.61. The molecule has 5 nitrogen and oxygen atoms in total. The number of nitrogens with zero attached hydrogens (tertiary/aromatic N) is 2. The average molecular weight is 361 g/mol. The fourth-order valence-electron chi connectivity index (χ4n) is 3.05. The number of benzene rings is 2. The van der Waals surface area contributed by atoms with E-state index in [1.54, 1.807) is 13.0 Å². The van der Waals surface area contributed by atoms with Crippen LogP contribution in [0.5, 0.6) is 0 Å².